The Hall–Kier alpha value is -7.58. The van der Waals surface area contributed by atoms with Crippen LogP contribution in [0, 0.1) is 12.7 Å². The Kier molecular flexibility index (Phi) is 13.7. The minimum absolute atomic E-state index is 0.0172. The van der Waals surface area contributed by atoms with E-state index in [2.05, 4.69) is 26.2 Å². The van der Waals surface area contributed by atoms with Gasteiger partial charge in [0.1, 0.15) is 23.4 Å². The molecule has 0 bridgehead atoms. The Morgan fingerprint density at radius 3 is 2.41 bits per heavy atom. The number of halogens is 1. The number of anilines is 3. The van der Waals surface area contributed by atoms with Gasteiger partial charge in [0.25, 0.3) is 11.8 Å². The fourth-order valence-corrected chi connectivity index (χ4v) is 9.47. The van der Waals surface area contributed by atoms with Gasteiger partial charge in [0.15, 0.2) is 0 Å². The van der Waals surface area contributed by atoms with Crippen LogP contribution in [0.25, 0.3) is 16.9 Å². The largest absolute Gasteiger partial charge is 0.385 e. The molecule has 9 rings (SSSR count). The van der Waals surface area contributed by atoms with E-state index in [0.29, 0.717) is 106 Å². The molecular weight excluding hydrogens is 888 g/mol. The molecule has 358 valence electrons. The topological polar surface area (TPSA) is 216 Å². The van der Waals surface area contributed by atoms with Crippen molar-refractivity contribution in [2.45, 2.75) is 50.6 Å². The van der Waals surface area contributed by atoms with Crippen LogP contribution in [0.5, 0.6) is 0 Å². The van der Waals surface area contributed by atoms with Crippen LogP contribution in [0.1, 0.15) is 63.4 Å². The highest BCUT2D eigenvalue weighted by molar-refractivity contribution is 6.23. The first-order valence-electron chi connectivity index (χ1n) is 23.1. The SMILES string of the molecule is COCCN1C[C@@H](NC(=O)Nc2c(C)c(-c3cnc(N4CCN(C(=O)CCCNc5ccc6c(c5)C(=O)N(C5CCC(=O)NC5=O)C6=O)CC4)nc3)nn2-c2ccccc2)[C@H](c2cccc(F)c2)C1. The molecule has 3 fully saturated rings. The van der Waals surface area contributed by atoms with Crippen LogP contribution in [0.15, 0.2) is 85.2 Å². The molecule has 1 unspecified atom stereocenters. The van der Waals surface area contributed by atoms with Crippen molar-refractivity contribution in [2.75, 3.05) is 81.6 Å². The second-order valence-electron chi connectivity index (χ2n) is 17.6. The van der Waals surface area contributed by atoms with E-state index in [1.165, 1.54) is 12.1 Å². The minimum Gasteiger partial charge on any atom is -0.385 e. The summed E-state index contributed by atoms with van der Waals surface area (Å²) in [6.45, 7) is 6.82. The highest BCUT2D eigenvalue weighted by atomic mass is 19.1. The Morgan fingerprint density at radius 1 is 0.899 bits per heavy atom. The van der Waals surface area contributed by atoms with Gasteiger partial charge in [0, 0.05) is 107 Å². The van der Waals surface area contributed by atoms with Crippen LogP contribution in [0.3, 0.4) is 0 Å². The number of urea groups is 1. The van der Waals surface area contributed by atoms with Gasteiger partial charge in [0.05, 0.1) is 29.5 Å². The third-order valence-corrected chi connectivity index (χ3v) is 13.1. The predicted octanol–water partition coefficient (Wildman–Crippen LogP) is 3.95. The predicted molar refractivity (Wildman–Crippen MR) is 252 cm³/mol. The van der Waals surface area contributed by atoms with E-state index in [-0.39, 0.29) is 47.7 Å². The number of benzene rings is 3. The number of imide groups is 2. The number of hydrogen-bond acceptors (Lipinski definition) is 13. The molecule has 3 saturated heterocycles. The van der Waals surface area contributed by atoms with E-state index >= 15 is 0 Å². The first-order valence-corrected chi connectivity index (χ1v) is 23.1. The Bertz CT molecular complexity index is 2760. The number of para-hydroxylation sites is 1. The molecule has 3 aromatic carbocycles. The van der Waals surface area contributed by atoms with Crippen LogP contribution in [-0.4, -0.2) is 148 Å². The average molecular weight is 941 g/mol. The smallest absolute Gasteiger partial charge is 0.320 e. The van der Waals surface area contributed by atoms with Gasteiger partial charge in [-0.1, -0.05) is 30.3 Å². The molecule has 20 heteroatoms. The first-order chi connectivity index (χ1) is 33.4. The molecule has 5 aromatic rings. The average Bonchev–Trinajstić information content (AvgIpc) is 3.99. The molecule has 0 radical (unpaired) electrons. The van der Waals surface area contributed by atoms with Crippen LogP contribution >= 0.6 is 0 Å². The zero-order valence-electron chi connectivity index (χ0n) is 38.3. The zero-order valence-corrected chi connectivity index (χ0v) is 38.3. The van der Waals surface area contributed by atoms with Crippen molar-refractivity contribution in [1.82, 2.24) is 45.1 Å². The normalized spacial score (nSPS) is 19.5. The van der Waals surface area contributed by atoms with Crippen molar-refractivity contribution in [3.63, 3.8) is 0 Å². The standard InChI is InChI=1S/C49H53FN12O7/c1-30-43(57-62(35-10-4-3-5-11-35)44(30)56-49(68)54-39-29-58(22-23-69-2)28-38(39)31-8-6-9-33(50)24-31)32-26-52-48(53-27-32)60-20-18-59(19-21-60)42(64)12-7-17-51-34-13-14-36-37(25-34)47(67)61(46(36)66)40-15-16-41(63)55-45(40)65/h3-6,8-11,13-14,24-27,38-40,51H,7,12,15-23,28-29H2,1-2H3,(H2,54,56,68)(H,55,63,65)/t38-,39+,40?/m0/s1. The highest BCUT2D eigenvalue weighted by Crippen LogP contribution is 2.33. The van der Waals surface area contributed by atoms with Gasteiger partial charge in [0.2, 0.25) is 23.7 Å². The van der Waals surface area contributed by atoms with Gasteiger partial charge < -0.3 is 25.2 Å². The highest BCUT2D eigenvalue weighted by Gasteiger charge is 2.45. The summed E-state index contributed by atoms with van der Waals surface area (Å²) in [7, 11) is 1.65. The van der Waals surface area contributed by atoms with Crippen molar-refractivity contribution in [3.8, 4) is 16.9 Å². The first kappa shape index (κ1) is 46.5. The molecule has 0 spiro atoms. The van der Waals surface area contributed by atoms with Gasteiger partial charge in [-0.15, -0.1) is 0 Å². The third kappa shape index (κ3) is 10.0. The zero-order chi connectivity index (χ0) is 48.2. The molecule has 2 aromatic heterocycles. The molecule has 0 saturated carbocycles. The van der Waals surface area contributed by atoms with E-state index in [9.17, 15) is 33.2 Å². The van der Waals surface area contributed by atoms with Gasteiger partial charge >= 0.3 is 6.03 Å². The molecule has 3 atom stereocenters. The number of piperazine rings is 1. The Morgan fingerprint density at radius 2 is 1.67 bits per heavy atom. The molecule has 6 heterocycles. The van der Waals surface area contributed by atoms with E-state index in [1.54, 1.807) is 48.5 Å². The second-order valence-corrected chi connectivity index (χ2v) is 17.6. The van der Waals surface area contributed by atoms with Crippen molar-refractivity contribution in [2.24, 2.45) is 0 Å². The van der Waals surface area contributed by atoms with E-state index in [4.69, 9.17) is 19.8 Å². The number of carbonyl (C=O) groups is 6. The number of carbonyl (C=O) groups excluding carboxylic acids is 6. The van der Waals surface area contributed by atoms with Gasteiger partial charge in [-0.3, -0.25) is 44.4 Å². The molecule has 19 nitrogen and oxygen atoms in total. The number of amides is 7. The number of methoxy groups -OCH3 is 1. The van der Waals surface area contributed by atoms with Crippen molar-refractivity contribution >= 4 is 53.0 Å². The molecule has 4 aliphatic rings. The quantitative estimate of drug-likeness (QED) is 0.0866. The number of nitrogens with one attached hydrogen (secondary N) is 4. The maximum atomic E-state index is 14.3. The number of fused-ring (bicyclic) bond motifs is 1. The number of piperidine rings is 1. The monoisotopic (exact) mass is 940 g/mol. The van der Waals surface area contributed by atoms with Gasteiger partial charge in [-0.25, -0.2) is 23.8 Å². The molecule has 7 amide bonds. The lowest BCUT2D eigenvalue weighted by Gasteiger charge is -2.34. The summed E-state index contributed by atoms with van der Waals surface area (Å²) in [5, 5.41) is 16.6. The number of aromatic nitrogens is 4. The van der Waals surface area contributed by atoms with E-state index in [0.717, 1.165) is 16.2 Å². The fraction of sp³-hybridized carbons (Fsp3) is 0.367. The lowest BCUT2D eigenvalue weighted by molar-refractivity contribution is -0.136. The maximum Gasteiger partial charge on any atom is 0.320 e. The van der Waals surface area contributed by atoms with Crippen LogP contribution in [0.4, 0.5) is 26.6 Å². The number of hydrogen-bond donors (Lipinski definition) is 4. The second kappa shape index (κ2) is 20.3. The summed E-state index contributed by atoms with van der Waals surface area (Å²) in [6, 6.07) is 19.1. The van der Waals surface area contributed by atoms with Crippen LogP contribution in [-0.2, 0) is 19.1 Å². The molecular formula is C49H53FN12O7. The molecule has 0 aliphatic carbocycles. The summed E-state index contributed by atoms with van der Waals surface area (Å²) in [4.78, 5) is 93.7. The van der Waals surface area contributed by atoms with Gasteiger partial charge in [-0.2, -0.15) is 5.10 Å². The van der Waals surface area contributed by atoms with Crippen LogP contribution < -0.4 is 26.2 Å². The molecule has 4 aliphatic heterocycles. The number of rotatable bonds is 15. The lowest BCUT2D eigenvalue weighted by Crippen LogP contribution is -2.54. The summed E-state index contributed by atoms with van der Waals surface area (Å²) in [6.07, 6.45) is 4.39. The van der Waals surface area contributed by atoms with Crippen molar-refractivity contribution < 1.29 is 37.9 Å². The summed E-state index contributed by atoms with van der Waals surface area (Å²) < 4.78 is 21.3. The van der Waals surface area contributed by atoms with Crippen molar-refractivity contribution in [3.05, 3.63) is 113 Å². The molecule has 69 heavy (non-hydrogen) atoms. The van der Waals surface area contributed by atoms with E-state index < -0.39 is 35.7 Å². The Balaban J connectivity index is 0.785. The maximum absolute atomic E-state index is 14.3. The number of nitrogens with zero attached hydrogens (tertiary/aromatic N) is 8. The fourth-order valence-electron chi connectivity index (χ4n) is 9.47. The lowest BCUT2D eigenvalue weighted by atomic mass is 9.94. The molecule has 4 N–H and O–H groups in total. The number of ether oxygens (including phenoxy) is 1. The third-order valence-electron chi connectivity index (χ3n) is 13.1. The summed E-state index contributed by atoms with van der Waals surface area (Å²) >= 11 is 0. The summed E-state index contributed by atoms with van der Waals surface area (Å²) in [5.41, 5.74) is 4.50. The summed E-state index contributed by atoms with van der Waals surface area (Å²) in [5.74, 6) is -1.68. The van der Waals surface area contributed by atoms with Gasteiger partial charge in [-0.05, 0) is 67.8 Å². The van der Waals surface area contributed by atoms with E-state index in [1.807, 2.05) is 53.1 Å². The van der Waals surface area contributed by atoms with Crippen LogP contribution in [0.2, 0.25) is 0 Å². The Labute approximate surface area is 397 Å². The minimum atomic E-state index is -1.03. The van der Waals surface area contributed by atoms with Crippen molar-refractivity contribution in [1.29, 1.82) is 0 Å². The number of likely N-dealkylation sites (tertiary alicyclic amines) is 1.